The summed E-state index contributed by atoms with van der Waals surface area (Å²) in [6.07, 6.45) is 0.920. The van der Waals surface area contributed by atoms with Gasteiger partial charge in [0.1, 0.15) is 6.61 Å². The molecule has 0 saturated heterocycles. The van der Waals surface area contributed by atoms with Crippen molar-refractivity contribution >= 4 is 11.6 Å². The van der Waals surface area contributed by atoms with Crippen LogP contribution in [0.5, 0.6) is 0 Å². The summed E-state index contributed by atoms with van der Waals surface area (Å²) < 4.78 is 5.31. The lowest BCUT2D eigenvalue weighted by molar-refractivity contribution is -0.126. The first kappa shape index (κ1) is 13.5. The number of nitrogens with one attached hydrogen (secondary N) is 1. The summed E-state index contributed by atoms with van der Waals surface area (Å²) in [6.45, 7) is 4.51. The molecule has 0 heterocycles. The topological polar surface area (TPSA) is 64.3 Å². The summed E-state index contributed by atoms with van der Waals surface area (Å²) in [5.74, 6) is -0.0743. The quantitative estimate of drug-likeness (QED) is 0.739. The molecule has 0 aliphatic rings. The number of hydrogen-bond acceptors (Lipinski definition) is 3. The van der Waals surface area contributed by atoms with E-state index in [0.717, 1.165) is 17.7 Å². The molecule has 94 valence electrons. The molecule has 4 nitrogen and oxygen atoms in total. The van der Waals surface area contributed by atoms with Crippen LogP contribution < -0.4 is 11.1 Å². The Bertz CT molecular complexity index is 349. The van der Waals surface area contributed by atoms with Crippen LogP contribution in [-0.4, -0.2) is 18.6 Å². The number of carbonyl (C=O) groups excluding carboxylic acids is 1. The van der Waals surface area contributed by atoms with E-state index >= 15 is 0 Å². The van der Waals surface area contributed by atoms with Crippen molar-refractivity contribution < 1.29 is 9.53 Å². The Kier molecular flexibility index (Phi) is 5.49. The Morgan fingerprint density at radius 3 is 2.65 bits per heavy atom. The Hall–Kier alpha value is -1.55. The minimum absolute atomic E-state index is 0.0743. The maximum Gasteiger partial charge on any atom is 0.246 e. The summed E-state index contributed by atoms with van der Waals surface area (Å²) in [7, 11) is 0. The molecule has 1 amide bonds. The summed E-state index contributed by atoms with van der Waals surface area (Å²) in [5.41, 5.74) is 7.30. The number of hydrogen-bond donors (Lipinski definition) is 2. The summed E-state index contributed by atoms with van der Waals surface area (Å²) in [5, 5.41) is 2.84. The van der Waals surface area contributed by atoms with Crippen molar-refractivity contribution in [3.05, 3.63) is 29.8 Å². The number of anilines is 1. The van der Waals surface area contributed by atoms with Crippen molar-refractivity contribution in [2.75, 3.05) is 12.3 Å². The van der Waals surface area contributed by atoms with Gasteiger partial charge in [-0.3, -0.25) is 4.79 Å². The number of nitrogen functional groups attached to an aromatic ring is 1. The Morgan fingerprint density at radius 2 is 2.06 bits per heavy atom. The predicted octanol–water partition coefficient (Wildman–Crippen LogP) is 1.70. The predicted molar refractivity (Wildman–Crippen MR) is 68.4 cm³/mol. The van der Waals surface area contributed by atoms with Crippen LogP contribution >= 0.6 is 0 Å². The van der Waals surface area contributed by atoms with Crippen molar-refractivity contribution in [2.24, 2.45) is 0 Å². The first-order valence-corrected chi connectivity index (χ1v) is 5.83. The van der Waals surface area contributed by atoms with Gasteiger partial charge >= 0.3 is 0 Å². The third kappa shape index (κ3) is 5.36. The van der Waals surface area contributed by atoms with Gasteiger partial charge in [-0.1, -0.05) is 19.1 Å². The van der Waals surface area contributed by atoms with E-state index in [9.17, 15) is 4.79 Å². The lowest BCUT2D eigenvalue weighted by atomic mass is 10.2. The molecule has 1 unspecified atom stereocenters. The van der Waals surface area contributed by atoms with Crippen LogP contribution in [0.1, 0.15) is 25.8 Å². The zero-order valence-corrected chi connectivity index (χ0v) is 10.4. The van der Waals surface area contributed by atoms with Crippen LogP contribution in [0.2, 0.25) is 0 Å². The molecular formula is C13H20N2O2. The first-order valence-electron chi connectivity index (χ1n) is 5.83. The SMILES string of the molecule is CCC(C)NC(=O)COCc1ccc(N)cc1. The molecule has 0 aliphatic carbocycles. The van der Waals surface area contributed by atoms with E-state index in [1.54, 1.807) is 0 Å². The number of carbonyl (C=O) groups is 1. The highest BCUT2D eigenvalue weighted by atomic mass is 16.5. The zero-order valence-electron chi connectivity index (χ0n) is 10.4. The van der Waals surface area contributed by atoms with Gasteiger partial charge in [-0.15, -0.1) is 0 Å². The molecule has 1 atom stereocenters. The third-order valence-corrected chi connectivity index (χ3v) is 2.50. The maximum atomic E-state index is 11.4. The minimum Gasteiger partial charge on any atom is -0.399 e. The van der Waals surface area contributed by atoms with Gasteiger partial charge < -0.3 is 15.8 Å². The number of amides is 1. The average molecular weight is 236 g/mol. The molecule has 0 spiro atoms. The van der Waals surface area contributed by atoms with Gasteiger partial charge in [0.2, 0.25) is 5.91 Å². The molecule has 1 aromatic rings. The second-order valence-corrected chi connectivity index (χ2v) is 4.11. The van der Waals surface area contributed by atoms with Crippen molar-refractivity contribution in [1.82, 2.24) is 5.32 Å². The van der Waals surface area contributed by atoms with Crippen LogP contribution in [0.4, 0.5) is 5.69 Å². The monoisotopic (exact) mass is 236 g/mol. The Morgan fingerprint density at radius 1 is 1.41 bits per heavy atom. The molecule has 0 fully saturated rings. The number of rotatable bonds is 6. The van der Waals surface area contributed by atoms with Crippen molar-refractivity contribution in [2.45, 2.75) is 32.9 Å². The molecule has 0 radical (unpaired) electrons. The van der Waals surface area contributed by atoms with Crippen LogP contribution in [0.25, 0.3) is 0 Å². The molecular weight excluding hydrogens is 216 g/mol. The van der Waals surface area contributed by atoms with Gasteiger partial charge in [0.05, 0.1) is 6.61 Å². The van der Waals surface area contributed by atoms with Gasteiger partial charge in [-0.25, -0.2) is 0 Å². The molecule has 3 N–H and O–H groups in total. The lowest BCUT2D eigenvalue weighted by Gasteiger charge is -2.11. The van der Waals surface area contributed by atoms with E-state index in [1.165, 1.54) is 0 Å². The van der Waals surface area contributed by atoms with Gasteiger partial charge in [0.15, 0.2) is 0 Å². The molecule has 17 heavy (non-hydrogen) atoms. The van der Waals surface area contributed by atoms with E-state index in [4.69, 9.17) is 10.5 Å². The van der Waals surface area contributed by atoms with Crippen LogP contribution in [-0.2, 0) is 16.1 Å². The normalized spacial score (nSPS) is 12.1. The molecule has 0 bridgehead atoms. The molecule has 0 saturated carbocycles. The van der Waals surface area contributed by atoms with Crippen molar-refractivity contribution in [3.63, 3.8) is 0 Å². The first-order chi connectivity index (χ1) is 8.11. The highest BCUT2D eigenvalue weighted by Crippen LogP contribution is 2.06. The average Bonchev–Trinajstić information content (AvgIpc) is 2.31. The maximum absolute atomic E-state index is 11.4. The number of nitrogens with two attached hydrogens (primary N) is 1. The van der Waals surface area contributed by atoms with E-state index in [-0.39, 0.29) is 18.6 Å². The highest BCUT2D eigenvalue weighted by Gasteiger charge is 2.05. The van der Waals surface area contributed by atoms with E-state index in [1.807, 2.05) is 38.1 Å². The fraction of sp³-hybridized carbons (Fsp3) is 0.462. The second kappa shape index (κ2) is 6.91. The fourth-order valence-electron chi connectivity index (χ4n) is 1.29. The highest BCUT2D eigenvalue weighted by molar-refractivity contribution is 5.77. The summed E-state index contributed by atoms with van der Waals surface area (Å²) in [4.78, 5) is 11.4. The van der Waals surface area contributed by atoms with Crippen molar-refractivity contribution in [1.29, 1.82) is 0 Å². The smallest absolute Gasteiger partial charge is 0.246 e. The van der Waals surface area contributed by atoms with Crippen LogP contribution in [0.15, 0.2) is 24.3 Å². The van der Waals surface area contributed by atoms with Gasteiger partial charge in [0, 0.05) is 11.7 Å². The Balaban J connectivity index is 2.23. The molecule has 0 aromatic heterocycles. The fourth-order valence-corrected chi connectivity index (χ4v) is 1.29. The van der Waals surface area contributed by atoms with Gasteiger partial charge in [-0.2, -0.15) is 0 Å². The second-order valence-electron chi connectivity index (χ2n) is 4.11. The van der Waals surface area contributed by atoms with Crippen LogP contribution in [0.3, 0.4) is 0 Å². The molecule has 4 heteroatoms. The van der Waals surface area contributed by atoms with E-state index < -0.39 is 0 Å². The molecule has 1 rings (SSSR count). The van der Waals surface area contributed by atoms with Crippen molar-refractivity contribution in [3.8, 4) is 0 Å². The van der Waals surface area contributed by atoms with Crippen LogP contribution in [0, 0.1) is 0 Å². The van der Waals surface area contributed by atoms with E-state index in [0.29, 0.717) is 6.61 Å². The Labute approximate surface area is 102 Å². The van der Waals surface area contributed by atoms with Gasteiger partial charge in [0.25, 0.3) is 0 Å². The number of ether oxygens (including phenoxy) is 1. The molecule has 0 aliphatic heterocycles. The zero-order chi connectivity index (χ0) is 12.7. The largest absolute Gasteiger partial charge is 0.399 e. The third-order valence-electron chi connectivity index (χ3n) is 2.50. The lowest BCUT2D eigenvalue weighted by Crippen LogP contribution is -2.34. The molecule has 1 aromatic carbocycles. The summed E-state index contributed by atoms with van der Waals surface area (Å²) in [6, 6.07) is 7.61. The van der Waals surface area contributed by atoms with E-state index in [2.05, 4.69) is 5.32 Å². The van der Waals surface area contributed by atoms with Gasteiger partial charge in [-0.05, 0) is 31.0 Å². The minimum atomic E-state index is -0.0743. The standard InChI is InChI=1S/C13H20N2O2/c1-3-10(2)15-13(16)9-17-8-11-4-6-12(14)7-5-11/h4-7,10H,3,8-9,14H2,1-2H3,(H,15,16). The number of benzene rings is 1. The summed E-state index contributed by atoms with van der Waals surface area (Å²) >= 11 is 0.